The quantitative estimate of drug-likeness (QED) is 0.672. The molecule has 0 fully saturated rings. The van der Waals surface area contributed by atoms with E-state index in [1.807, 2.05) is 0 Å². The van der Waals surface area contributed by atoms with Gasteiger partial charge in [0.25, 0.3) is 0 Å². The summed E-state index contributed by atoms with van der Waals surface area (Å²) < 4.78 is 53.4. The number of hydrogen-bond acceptors (Lipinski definition) is 5. The van der Waals surface area contributed by atoms with Gasteiger partial charge < -0.3 is 20.3 Å². The molecule has 0 saturated heterocycles. The van der Waals surface area contributed by atoms with Crippen LogP contribution in [0.1, 0.15) is 11.1 Å². The number of nitrogens with zero attached hydrogens (tertiary/aromatic N) is 1. The van der Waals surface area contributed by atoms with E-state index in [2.05, 4.69) is 4.98 Å². The van der Waals surface area contributed by atoms with Crippen LogP contribution in [0, 0.1) is 0 Å². The van der Waals surface area contributed by atoms with Crippen molar-refractivity contribution >= 4 is 16.7 Å². The van der Waals surface area contributed by atoms with Gasteiger partial charge in [0, 0.05) is 29.1 Å². The predicted octanol–water partition coefficient (Wildman–Crippen LogP) is 3.65. The summed E-state index contributed by atoms with van der Waals surface area (Å²) in [5.41, 5.74) is 5.03. The van der Waals surface area contributed by atoms with Crippen LogP contribution in [0.4, 0.5) is 13.2 Å². The average molecular weight is 418 g/mol. The number of hydrogen-bond donors (Lipinski definition) is 2. The van der Waals surface area contributed by atoms with E-state index in [1.54, 1.807) is 12.1 Å². The molecule has 1 unspecified atom stereocenters. The Labute approximate surface area is 169 Å². The van der Waals surface area contributed by atoms with E-state index in [0.29, 0.717) is 10.9 Å². The fraction of sp³-hybridized carbons (Fsp3) is 0.238. The monoisotopic (exact) mass is 418 g/mol. The summed E-state index contributed by atoms with van der Waals surface area (Å²) in [5, 5.41) is 9.46. The summed E-state index contributed by atoms with van der Waals surface area (Å²) in [6.07, 6.45) is -3.33. The molecule has 0 saturated carbocycles. The van der Waals surface area contributed by atoms with Gasteiger partial charge in [0.2, 0.25) is 0 Å². The third-order valence-corrected chi connectivity index (χ3v) is 4.87. The van der Waals surface area contributed by atoms with Crippen LogP contribution in [0.3, 0.4) is 0 Å². The Morgan fingerprint density at radius 3 is 2.53 bits per heavy atom. The molecular formula is C21H17F3N2O4. The number of rotatable bonds is 4. The zero-order chi connectivity index (χ0) is 21.5. The maximum atomic E-state index is 14.0. The van der Waals surface area contributed by atoms with Crippen molar-refractivity contribution in [3.63, 3.8) is 0 Å². The molecule has 1 aliphatic heterocycles. The lowest BCUT2D eigenvalue weighted by Gasteiger charge is -2.25. The van der Waals surface area contributed by atoms with E-state index >= 15 is 0 Å². The van der Waals surface area contributed by atoms with Crippen molar-refractivity contribution in [3.8, 4) is 22.8 Å². The van der Waals surface area contributed by atoms with E-state index in [0.717, 1.165) is 0 Å². The summed E-state index contributed by atoms with van der Waals surface area (Å²) in [6, 6.07) is 7.89. The van der Waals surface area contributed by atoms with Crippen LogP contribution in [-0.4, -0.2) is 35.3 Å². The highest BCUT2D eigenvalue weighted by Crippen LogP contribution is 2.47. The second-order valence-electron chi connectivity index (χ2n) is 6.84. The van der Waals surface area contributed by atoms with Gasteiger partial charge in [0.15, 0.2) is 11.5 Å². The number of carboxylic acids is 1. The zero-order valence-electron chi connectivity index (χ0n) is 15.6. The fourth-order valence-corrected chi connectivity index (χ4v) is 3.52. The summed E-state index contributed by atoms with van der Waals surface area (Å²) in [6.45, 7) is 0.326. The molecule has 3 aromatic rings. The van der Waals surface area contributed by atoms with Crippen LogP contribution in [0.2, 0.25) is 0 Å². The number of benzene rings is 2. The molecule has 2 heterocycles. The highest BCUT2D eigenvalue weighted by molar-refractivity contribution is 5.91. The van der Waals surface area contributed by atoms with E-state index in [1.165, 1.54) is 30.5 Å². The SMILES string of the molecule is NC(Cc1ccc(-c2ncc3ccccc3c2C(F)(F)F)c2c1OCCO2)C(=O)O. The van der Waals surface area contributed by atoms with Gasteiger partial charge in [0.05, 0.1) is 11.3 Å². The summed E-state index contributed by atoms with van der Waals surface area (Å²) in [4.78, 5) is 15.2. The Morgan fingerprint density at radius 2 is 1.83 bits per heavy atom. The van der Waals surface area contributed by atoms with Crippen molar-refractivity contribution in [2.75, 3.05) is 13.2 Å². The molecule has 30 heavy (non-hydrogen) atoms. The molecule has 3 N–H and O–H groups in total. The number of fused-ring (bicyclic) bond motifs is 2. The first-order valence-electron chi connectivity index (χ1n) is 9.12. The first-order chi connectivity index (χ1) is 14.3. The molecule has 9 heteroatoms. The Bertz CT molecular complexity index is 1130. The third kappa shape index (κ3) is 3.52. The van der Waals surface area contributed by atoms with Gasteiger partial charge in [-0.05, 0) is 11.5 Å². The van der Waals surface area contributed by atoms with Gasteiger partial charge in [-0.2, -0.15) is 13.2 Å². The minimum absolute atomic E-state index is 0.0254. The second-order valence-corrected chi connectivity index (χ2v) is 6.84. The van der Waals surface area contributed by atoms with Gasteiger partial charge in [0.1, 0.15) is 19.3 Å². The Balaban J connectivity index is 1.93. The van der Waals surface area contributed by atoms with Crippen LogP contribution in [-0.2, 0) is 17.4 Å². The zero-order valence-corrected chi connectivity index (χ0v) is 15.6. The van der Waals surface area contributed by atoms with Gasteiger partial charge in [-0.3, -0.25) is 9.78 Å². The maximum Gasteiger partial charge on any atom is 0.419 e. The molecule has 1 atom stereocenters. The van der Waals surface area contributed by atoms with Crippen LogP contribution >= 0.6 is 0 Å². The minimum atomic E-state index is -4.66. The molecular weight excluding hydrogens is 401 g/mol. The lowest BCUT2D eigenvalue weighted by molar-refractivity contribution is -0.138. The molecule has 2 aromatic carbocycles. The van der Waals surface area contributed by atoms with Crippen molar-refractivity contribution in [1.29, 1.82) is 0 Å². The molecule has 156 valence electrons. The van der Waals surface area contributed by atoms with Crippen molar-refractivity contribution in [3.05, 3.63) is 53.7 Å². The van der Waals surface area contributed by atoms with Gasteiger partial charge in [-0.1, -0.05) is 30.3 Å². The number of alkyl halides is 3. The number of carbonyl (C=O) groups is 1. The van der Waals surface area contributed by atoms with Crippen molar-refractivity contribution in [2.24, 2.45) is 5.73 Å². The molecule has 0 amide bonds. The Hall–Kier alpha value is -3.33. The minimum Gasteiger partial charge on any atom is -0.486 e. The van der Waals surface area contributed by atoms with E-state index in [9.17, 15) is 18.0 Å². The van der Waals surface area contributed by atoms with Crippen LogP contribution in [0.5, 0.6) is 11.5 Å². The smallest absolute Gasteiger partial charge is 0.419 e. The van der Waals surface area contributed by atoms with E-state index in [4.69, 9.17) is 20.3 Å². The second kappa shape index (κ2) is 7.49. The van der Waals surface area contributed by atoms with Gasteiger partial charge in [-0.15, -0.1) is 0 Å². The third-order valence-electron chi connectivity index (χ3n) is 4.87. The van der Waals surface area contributed by atoms with Crippen molar-refractivity contribution in [2.45, 2.75) is 18.6 Å². The van der Waals surface area contributed by atoms with Crippen LogP contribution < -0.4 is 15.2 Å². The normalized spacial score (nSPS) is 14.5. The van der Waals surface area contributed by atoms with Crippen LogP contribution in [0.15, 0.2) is 42.6 Å². The number of ether oxygens (including phenoxy) is 2. The first kappa shape index (κ1) is 20.0. The molecule has 4 rings (SSSR count). The number of nitrogens with two attached hydrogens (primary N) is 1. The standard InChI is InChI=1S/C21H17F3N2O4/c22-21(23,24)16-13-4-2-1-3-12(13)10-26-17(16)14-6-5-11(9-15(25)20(27)28)18-19(14)30-8-7-29-18/h1-6,10,15H,7-9,25H2,(H,27,28). The van der Waals surface area contributed by atoms with Crippen molar-refractivity contribution in [1.82, 2.24) is 4.98 Å². The lowest BCUT2D eigenvalue weighted by Crippen LogP contribution is -2.32. The number of carboxylic acid groups (broad SMARTS) is 1. The van der Waals surface area contributed by atoms with Crippen LogP contribution in [0.25, 0.3) is 22.0 Å². The fourth-order valence-electron chi connectivity index (χ4n) is 3.52. The highest BCUT2D eigenvalue weighted by Gasteiger charge is 2.38. The molecule has 6 nitrogen and oxygen atoms in total. The molecule has 0 aliphatic carbocycles. The summed E-state index contributed by atoms with van der Waals surface area (Å²) >= 11 is 0. The first-order valence-corrected chi connectivity index (χ1v) is 9.12. The van der Waals surface area contributed by atoms with Gasteiger partial charge >= 0.3 is 12.1 Å². The Morgan fingerprint density at radius 1 is 1.13 bits per heavy atom. The highest BCUT2D eigenvalue weighted by atomic mass is 19.4. The number of aromatic nitrogens is 1. The summed E-state index contributed by atoms with van der Waals surface area (Å²) in [5.74, 6) is -0.900. The van der Waals surface area contributed by atoms with Gasteiger partial charge in [-0.25, -0.2) is 0 Å². The predicted molar refractivity (Wildman–Crippen MR) is 102 cm³/mol. The summed E-state index contributed by atoms with van der Waals surface area (Å²) in [7, 11) is 0. The lowest BCUT2D eigenvalue weighted by atomic mass is 9.95. The molecule has 1 aliphatic rings. The Kier molecular flexibility index (Phi) is 4.98. The number of aliphatic carboxylic acids is 1. The number of halogens is 3. The molecule has 0 spiro atoms. The van der Waals surface area contributed by atoms with E-state index < -0.39 is 23.8 Å². The van der Waals surface area contributed by atoms with Crippen molar-refractivity contribution < 1.29 is 32.5 Å². The number of pyridine rings is 1. The molecule has 0 bridgehead atoms. The van der Waals surface area contributed by atoms with E-state index in [-0.39, 0.29) is 47.8 Å². The molecule has 1 aromatic heterocycles. The average Bonchev–Trinajstić information content (AvgIpc) is 2.72. The topological polar surface area (TPSA) is 94.7 Å². The maximum absolute atomic E-state index is 14.0. The molecule has 0 radical (unpaired) electrons. The largest absolute Gasteiger partial charge is 0.486 e.